The number of anilines is 1. The van der Waals surface area contributed by atoms with Crippen LogP contribution in [0.25, 0.3) is 0 Å². The molecule has 1 amide bonds. The number of aromatic nitrogens is 3. The van der Waals surface area contributed by atoms with E-state index >= 15 is 0 Å². The number of likely N-dealkylation sites (tertiary alicyclic amines) is 1. The van der Waals surface area contributed by atoms with Crippen LogP contribution in [0.5, 0.6) is 0 Å². The van der Waals surface area contributed by atoms with Gasteiger partial charge in [0.05, 0.1) is 6.54 Å². The number of piperidine rings is 1. The van der Waals surface area contributed by atoms with Crippen LogP contribution in [0.4, 0.5) is 5.69 Å². The van der Waals surface area contributed by atoms with Crippen LogP contribution in [-0.2, 0) is 13.1 Å². The first kappa shape index (κ1) is 19.6. The molecule has 8 heteroatoms. The number of carbonyl (C=O) groups excluding carboxylic acids is 1. The lowest BCUT2D eigenvalue weighted by Crippen LogP contribution is -2.39. The van der Waals surface area contributed by atoms with E-state index in [-0.39, 0.29) is 18.3 Å². The van der Waals surface area contributed by atoms with E-state index in [0.29, 0.717) is 5.92 Å². The molecule has 3 heterocycles. The van der Waals surface area contributed by atoms with Crippen LogP contribution in [-0.4, -0.2) is 59.3 Å². The third kappa shape index (κ3) is 3.94. The lowest BCUT2D eigenvalue weighted by Gasteiger charge is -2.32. The summed E-state index contributed by atoms with van der Waals surface area (Å²) in [7, 11) is 3.98. The van der Waals surface area contributed by atoms with Crippen molar-refractivity contribution in [3.05, 3.63) is 41.5 Å². The van der Waals surface area contributed by atoms with Crippen molar-refractivity contribution in [3.8, 4) is 0 Å². The normalized spacial score (nSPS) is 17.2. The number of benzene rings is 1. The Morgan fingerprint density at radius 3 is 2.70 bits per heavy atom. The third-order valence-electron chi connectivity index (χ3n) is 5.41. The molecule has 0 unspecified atom stereocenters. The Morgan fingerprint density at radius 2 is 1.96 bits per heavy atom. The zero-order valence-corrected chi connectivity index (χ0v) is 16.7. The lowest BCUT2D eigenvalue weighted by molar-refractivity contribution is 0.0710. The van der Waals surface area contributed by atoms with Gasteiger partial charge in [-0.2, -0.15) is 0 Å². The molecule has 1 N–H and O–H groups in total. The summed E-state index contributed by atoms with van der Waals surface area (Å²) in [6.07, 6.45) is 1.90. The number of amides is 1. The summed E-state index contributed by atoms with van der Waals surface area (Å²) in [5.74, 6) is 2.65. The molecule has 7 nitrogen and oxygen atoms in total. The molecule has 27 heavy (non-hydrogen) atoms. The quantitative estimate of drug-likeness (QED) is 0.866. The van der Waals surface area contributed by atoms with Crippen molar-refractivity contribution < 1.29 is 4.79 Å². The van der Waals surface area contributed by atoms with E-state index in [1.54, 1.807) is 0 Å². The van der Waals surface area contributed by atoms with Gasteiger partial charge in [0.1, 0.15) is 11.6 Å². The molecule has 2 aliphatic rings. The highest BCUT2D eigenvalue weighted by molar-refractivity contribution is 5.95. The molecule has 1 fully saturated rings. The smallest absolute Gasteiger partial charge is 0.253 e. The summed E-state index contributed by atoms with van der Waals surface area (Å²) in [6, 6.07) is 7.85. The fraction of sp³-hybridized carbons (Fsp3) is 0.526. The number of nitrogens with zero attached hydrogens (tertiary/aromatic N) is 5. The largest absolute Gasteiger partial charge is 0.378 e. The second-order valence-electron chi connectivity index (χ2n) is 7.31. The Balaban J connectivity index is 0.00000210. The highest BCUT2D eigenvalue weighted by atomic mass is 35.5. The Labute approximate surface area is 166 Å². The first-order valence-corrected chi connectivity index (χ1v) is 9.33. The highest BCUT2D eigenvalue weighted by Gasteiger charge is 2.29. The maximum Gasteiger partial charge on any atom is 0.253 e. The Hall–Kier alpha value is -2.12. The number of carbonyl (C=O) groups is 1. The van der Waals surface area contributed by atoms with Crippen LogP contribution in [0.3, 0.4) is 0 Å². The monoisotopic (exact) mass is 390 g/mol. The van der Waals surface area contributed by atoms with Crippen LogP contribution >= 0.6 is 12.4 Å². The average molecular weight is 391 g/mol. The van der Waals surface area contributed by atoms with E-state index in [0.717, 1.165) is 68.5 Å². The van der Waals surface area contributed by atoms with Gasteiger partial charge in [0.15, 0.2) is 0 Å². The molecule has 1 saturated heterocycles. The molecule has 1 aromatic heterocycles. The van der Waals surface area contributed by atoms with Crippen molar-refractivity contribution in [1.29, 1.82) is 0 Å². The Bertz CT molecular complexity index is 797. The summed E-state index contributed by atoms with van der Waals surface area (Å²) >= 11 is 0. The summed E-state index contributed by atoms with van der Waals surface area (Å²) in [6.45, 7) is 4.25. The molecular weight excluding hydrogens is 364 g/mol. The Kier molecular flexibility index (Phi) is 6.01. The zero-order chi connectivity index (χ0) is 18.1. The fourth-order valence-corrected chi connectivity index (χ4v) is 3.86. The Morgan fingerprint density at radius 1 is 1.19 bits per heavy atom. The third-order valence-corrected chi connectivity index (χ3v) is 5.41. The summed E-state index contributed by atoms with van der Waals surface area (Å²) in [5.41, 5.74) is 1.81. The lowest BCUT2D eigenvalue weighted by atomic mass is 9.95. The minimum Gasteiger partial charge on any atom is -0.378 e. The van der Waals surface area contributed by atoms with Gasteiger partial charge < -0.3 is 19.7 Å². The van der Waals surface area contributed by atoms with Crippen LogP contribution in [0, 0.1) is 0 Å². The van der Waals surface area contributed by atoms with Gasteiger partial charge in [-0.25, -0.2) is 0 Å². The van der Waals surface area contributed by atoms with E-state index in [9.17, 15) is 4.79 Å². The SMILES string of the molecule is CN(C)c1cccc(C(=O)N2CCC(c3nnc4n3CCNC4)CC2)c1.Cl. The van der Waals surface area contributed by atoms with Gasteiger partial charge in [-0.1, -0.05) is 6.07 Å². The number of fused-ring (bicyclic) bond motifs is 1. The second-order valence-corrected chi connectivity index (χ2v) is 7.31. The standard InChI is InChI=1S/C19H26N6O.ClH/c1-23(2)16-5-3-4-15(12-16)19(26)24-9-6-14(7-10-24)18-22-21-17-13-20-8-11-25(17)18;/h3-5,12,14,20H,6-11,13H2,1-2H3;1H. The summed E-state index contributed by atoms with van der Waals surface area (Å²) in [5, 5.41) is 12.1. The number of rotatable bonds is 3. The molecule has 0 bridgehead atoms. The summed E-state index contributed by atoms with van der Waals surface area (Å²) in [4.78, 5) is 16.9. The van der Waals surface area contributed by atoms with Gasteiger partial charge in [-0.3, -0.25) is 4.79 Å². The highest BCUT2D eigenvalue weighted by Crippen LogP contribution is 2.28. The molecule has 0 spiro atoms. The zero-order valence-electron chi connectivity index (χ0n) is 15.9. The number of hydrogen-bond acceptors (Lipinski definition) is 5. The molecular formula is C19H27ClN6O. The maximum absolute atomic E-state index is 12.9. The minimum atomic E-state index is 0. The molecule has 1 aromatic carbocycles. The van der Waals surface area contributed by atoms with Gasteiger partial charge in [0.25, 0.3) is 5.91 Å². The molecule has 2 aliphatic heterocycles. The van der Waals surface area contributed by atoms with Crippen LogP contribution in [0.1, 0.15) is 40.8 Å². The van der Waals surface area contributed by atoms with Crippen molar-refractivity contribution in [2.75, 3.05) is 38.6 Å². The van der Waals surface area contributed by atoms with Crippen molar-refractivity contribution in [3.63, 3.8) is 0 Å². The minimum absolute atomic E-state index is 0. The molecule has 146 valence electrons. The van der Waals surface area contributed by atoms with E-state index in [1.807, 2.05) is 48.2 Å². The first-order chi connectivity index (χ1) is 12.6. The van der Waals surface area contributed by atoms with E-state index < -0.39 is 0 Å². The summed E-state index contributed by atoms with van der Waals surface area (Å²) < 4.78 is 2.26. The van der Waals surface area contributed by atoms with Gasteiger partial charge >= 0.3 is 0 Å². The molecule has 0 saturated carbocycles. The fourth-order valence-electron chi connectivity index (χ4n) is 3.86. The maximum atomic E-state index is 12.9. The molecule has 0 aliphatic carbocycles. The van der Waals surface area contributed by atoms with Crippen LogP contribution in [0.15, 0.2) is 24.3 Å². The van der Waals surface area contributed by atoms with Crippen LogP contribution < -0.4 is 10.2 Å². The van der Waals surface area contributed by atoms with Crippen molar-refractivity contribution in [2.45, 2.75) is 31.8 Å². The molecule has 4 rings (SSSR count). The van der Waals surface area contributed by atoms with Gasteiger partial charge in [0, 0.05) is 57.4 Å². The predicted octanol–water partition coefficient (Wildman–Crippen LogP) is 1.89. The average Bonchev–Trinajstić information content (AvgIpc) is 3.12. The first-order valence-electron chi connectivity index (χ1n) is 9.33. The van der Waals surface area contributed by atoms with Gasteiger partial charge in [-0.15, -0.1) is 22.6 Å². The van der Waals surface area contributed by atoms with Gasteiger partial charge in [-0.05, 0) is 31.0 Å². The topological polar surface area (TPSA) is 66.3 Å². The van der Waals surface area contributed by atoms with Crippen molar-refractivity contribution in [2.24, 2.45) is 0 Å². The second kappa shape index (κ2) is 8.27. The number of hydrogen-bond donors (Lipinski definition) is 1. The van der Waals surface area contributed by atoms with Crippen molar-refractivity contribution >= 4 is 24.0 Å². The van der Waals surface area contributed by atoms with Crippen molar-refractivity contribution in [1.82, 2.24) is 25.0 Å². The molecule has 0 radical (unpaired) electrons. The van der Waals surface area contributed by atoms with Crippen LogP contribution in [0.2, 0.25) is 0 Å². The predicted molar refractivity (Wildman–Crippen MR) is 108 cm³/mol. The van der Waals surface area contributed by atoms with E-state index in [1.165, 1.54) is 0 Å². The van der Waals surface area contributed by atoms with E-state index in [2.05, 4.69) is 20.1 Å². The molecule has 2 aromatic rings. The van der Waals surface area contributed by atoms with E-state index in [4.69, 9.17) is 0 Å². The van der Waals surface area contributed by atoms with Gasteiger partial charge in [0.2, 0.25) is 0 Å². The number of nitrogens with one attached hydrogen (secondary N) is 1. The number of halogens is 1. The molecule has 0 atom stereocenters.